The summed E-state index contributed by atoms with van der Waals surface area (Å²) in [7, 11) is 0. The van der Waals surface area contributed by atoms with E-state index in [1.807, 2.05) is 0 Å². The average Bonchev–Trinajstić information content (AvgIpc) is 3.17. The van der Waals surface area contributed by atoms with E-state index in [-0.39, 0.29) is 12.5 Å². The monoisotopic (exact) mass is 364 g/mol. The number of nitro benzene ring substituents is 1. The minimum absolute atomic E-state index is 0.171. The second-order valence-electron chi connectivity index (χ2n) is 6.09. The lowest BCUT2D eigenvalue weighted by Gasteiger charge is -2.37. The number of rotatable bonds is 4. The molecule has 1 aliphatic heterocycles. The van der Waals surface area contributed by atoms with E-state index in [0.717, 1.165) is 6.07 Å². The Morgan fingerprint density at radius 1 is 1.15 bits per heavy atom. The second-order valence-corrected chi connectivity index (χ2v) is 6.09. The molecule has 1 N–H and O–H groups in total. The molecule has 0 saturated heterocycles. The smallest absolute Gasteiger partial charge is 0.262 e. The average molecular weight is 364 g/mol. The number of nitrogens with one attached hydrogen (secondary N) is 1. The van der Waals surface area contributed by atoms with Gasteiger partial charge in [-0.25, -0.2) is 0 Å². The Morgan fingerprint density at radius 2 is 1.96 bits per heavy atom. The van der Waals surface area contributed by atoms with Crippen LogP contribution >= 0.6 is 0 Å². The largest absolute Gasteiger partial charge is 0.868 e. The Hall–Kier alpha value is -3.81. The van der Waals surface area contributed by atoms with Crippen LogP contribution in [0.1, 0.15) is 27.8 Å². The van der Waals surface area contributed by atoms with Crippen LogP contribution in [-0.4, -0.2) is 15.7 Å². The topological polar surface area (TPSA) is 112 Å². The van der Waals surface area contributed by atoms with Crippen LogP contribution in [0.15, 0.2) is 65.3 Å². The maximum atomic E-state index is 13.1. The number of anilines is 1. The van der Waals surface area contributed by atoms with Crippen molar-refractivity contribution >= 4 is 17.3 Å². The number of nitro groups is 1. The van der Waals surface area contributed by atoms with Crippen molar-refractivity contribution in [2.45, 2.75) is 12.7 Å². The predicted molar refractivity (Wildman–Crippen MR) is 93.9 cm³/mol. The predicted octanol–water partition coefficient (Wildman–Crippen LogP) is 3.03. The lowest BCUT2D eigenvalue weighted by Crippen LogP contribution is -2.42. The van der Waals surface area contributed by atoms with Gasteiger partial charge in [0, 0.05) is 17.3 Å². The highest BCUT2D eigenvalue weighted by molar-refractivity contribution is 6.01. The number of hydrogen-bond acceptors (Lipinski definition) is 6. The number of carbonyl (C=O) groups excluding carboxylic acids is 1. The summed E-state index contributed by atoms with van der Waals surface area (Å²) in [5.74, 6) is -0.340. The summed E-state index contributed by atoms with van der Waals surface area (Å²) in [6, 6.07) is 14.3. The summed E-state index contributed by atoms with van der Waals surface area (Å²) in [6.45, 7) is 0.171. The van der Waals surface area contributed by atoms with E-state index in [2.05, 4.69) is 5.32 Å². The molecule has 4 rings (SSSR count). The molecule has 1 atom stereocenters. The number of fused-ring (bicyclic) bond motifs is 1. The molecule has 8 heteroatoms. The van der Waals surface area contributed by atoms with Crippen LogP contribution in [0.4, 0.5) is 11.4 Å². The molecule has 0 fully saturated rings. The van der Waals surface area contributed by atoms with Crippen molar-refractivity contribution in [3.05, 3.63) is 87.9 Å². The fourth-order valence-corrected chi connectivity index (χ4v) is 3.14. The van der Waals surface area contributed by atoms with Gasteiger partial charge in [-0.3, -0.25) is 14.9 Å². The first-order chi connectivity index (χ1) is 13.0. The number of hydrogen-bond donors (Lipinski definition) is 1. The van der Waals surface area contributed by atoms with Gasteiger partial charge in [0.25, 0.3) is 11.6 Å². The van der Waals surface area contributed by atoms with Gasteiger partial charge in [0.2, 0.25) is 0 Å². The maximum Gasteiger partial charge on any atom is 0.262 e. The van der Waals surface area contributed by atoms with Crippen LogP contribution in [0.2, 0.25) is 0 Å². The minimum Gasteiger partial charge on any atom is -0.868 e. The third-order valence-electron chi connectivity index (χ3n) is 4.42. The van der Waals surface area contributed by atoms with Crippen molar-refractivity contribution in [1.29, 1.82) is 0 Å². The molecule has 1 aliphatic rings. The number of amides is 1. The normalized spacial score (nSPS) is 15.9. The lowest BCUT2D eigenvalue weighted by atomic mass is 10.0. The first-order valence-electron chi connectivity index (χ1n) is 8.19. The number of para-hydroxylation sites is 1. The van der Waals surface area contributed by atoms with E-state index in [9.17, 15) is 20.0 Å². The zero-order chi connectivity index (χ0) is 19.0. The van der Waals surface area contributed by atoms with Gasteiger partial charge in [-0.15, -0.1) is 0 Å². The molecule has 2 heterocycles. The zero-order valence-electron chi connectivity index (χ0n) is 14.0. The van der Waals surface area contributed by atoms with Crippen LogP contribution in [0.5, 0.6) is 5.75 Å². The van der Waals surface area contributed by atoms with Crippen molar-refractivity contribution in [1.82, 2.24) is 4.90 Å². The fraction of sp³-hybridized carbons (Fsp3) is 0.105. The van der Waals surface area contributed by atoms with Gasteiger partial charge < -0.3 is 19.7 Å². The van der Waals surface area contributed by atoms with Crippen LogP contribution in [0, 0.1) is 10.1 Å². The third-order valence-corrected chi connectivity index (χ3v) is 4.42. The molecule has 1 amide bonds. The Labute approximate surface area is 153 Å². The van der Waals surface area contributed by atoms with Gasteiger partial charge in [-0.2, -0.15) is 0 Å². The Morgan fingerprint density at radius 3 is 2.70 bits per heavy atom. The first kappa shape index (κ1) is 16.6. The lowest BCUT2D eigenvalue weighted by molar-refractivity contribution is -0.398. The van der Waals surface area contributed by atoms with Gasteiger partial charge in [-0.05, 0) is 30.0 Å². The molecule has 8 nitrogen and oxygen atoms in total. The molecule has 0 aliphatic carbocycles. The summed E-state index contributed by atoms with van der Waals surface area (Å²) < 4.78 is 5.36. The van der Waals surface area contributed by atoms with Gasteiger partial charge in [-0.1, -0.05) is 24.3 Å². The number of nitrogens with zero attached hydrogens (tertiary/aromatic N) is 2. The minimum atomic E-state index is -0.721. The number of furan rings is 1. The third kappa shape index (κ3) is 2.97. The first-order valence-corrected chi connectivity index (χ1v) is 8.19. The molecule has 0 bridgehead atoms. The summed E-state index contributed by atoms with van der Waals surface area (Å²) >= 11 is 0. The van der Waals surface area contributed by atoms with Crippen LogP contribution in [-0.2, 0) is 6.54 Å². The van der Waals surface area contributed by atoms with Crippen LogP contribution in [0.25, 0.3) is 0 Å². The Kier molecular flexibility index (Phi) is 4.00. The SMILES string of the molecule is O=C1c2ccccc2N[C@H](c2ccc([O-])c([N+](=O)[O-])c2)N1Cc1ccco1. The van der Waals surface area contributed by atoms with Gasteiger partial charge in [0.05, 0.1) is 23.3 Å². The maximum absolute atomic E-state index is 13.1. The van der Waals surface area contributed by atoms with Crippen molar-refractivity contribution in [3.8, 4) is 5.75 Å². The van der Waals surface area contributed by atoms with E-state index >= 15 is 0 Å². The highest BCUT2D eigenvalue weighted by Crippen LogP contribution is 2.36. The summed E-state index contributed by atoms with van der Waals surface area (Å²) in [6.07, 6.45) is 0.828. The molecule has 136 valence electrons. The molecular formula is C19H14N3O5-. The van der Waals surface area contributed by atoms with E-state index in [4.69, 9.17) is 4.42 Å². The van der Waals surface area contributed by atoms with Crippen LogP contribution in [0.3, 0.4) is 0 Å². The fourth-order valence-electron chi connectivity index (χ4n) is 3.14. The molecule has 0 spiro atoms. The molecule has 2 aromatic carbocycles. The highest BCUT2D eigenvalue weighted by Gasteiger charge is 2.34. The molecule has 0 unspecified atom stereocenters. The second kappa shape index (κ2) is 6.49. The zero-order valence-corrected chi connectivity index (χ0v) is 14.0. The summed E-state index contributed by atoms with van der Waals surface area (Å²) in [5.41, 5.74) is 1.03. The molecule has 0 saturated carbocycles. The Balaban J connectivity index is 1.79. The van der Waals surface area contributed by atoms with Gasteiger partial charge >= 0.3 is 0 Å². The van der Waals surface area contributed by atoms with E-state index in [1.165, 1.54) is 23.3 Å². The van der Waals surface area contributed by atoms with Crippen molar-refractivity contribution in [3.63, 3.8) is 0 Å². The molecule has 0 radical (unpaired) electrons. The molecule has 3 aromatic rings. The van der Waals surface area contributed by atoms with Crippen molar-refractivity contribution < 1.29 is 19.2 Å². The summed E-state index contributed by atoms with van der Waals surface area (Å²) in [5, 5.41) is 26.1. The number of carbonyl (C=O) groups is 1. The van der Waals surface area contributed by atoms with E-state index in [0.29, 0.717) is 22.6 Å². The Bertz CT molecular complexity index is 1020. The van der Waals surface area contributed by atoms with E-state index in [1.54, 1.807) is 36.4 Å². The quantitative estimate of drug-likeness (QED) is 0.562. The highest BCUT2D eigenvalue weighted by atomic mass is 16.6. The molecular weight excluding hydrogens is 350 g/mol. The van der Waals surface area contributed by atoms with Crippen molar-refractivity contribution in [2.75, 3.05) is 5.32 Å². The van der Waals surface area contributed by atoms with Crippen molar-refractivity contribution in [2.24, 2.45) is 0 Å². The van der Waals surface area contributed by atoms with Gasteiger partial charge in [0.15, 0.2) is 0 Å². The van der Waals surface area contributed by atoms with E-state index < -0.39 is 22.5 Å². The summed E-state index contributed by atoms with van der Waals surface area (Å²) in [4.78, 5) is 25.0. The molecule has 27 heavy (non-hydrogen) atoms. The number of benzene rings is 2. The standard InChI is InChI=1S/C19H15N3O5/c23-17-8-7-12(10-16(17)22(25)26)18-20-15-6-2-1-5-14(15)19(24)21(18)11-13-4-3-9-27-13/h1-10,18,20,23H,11H2/p-1/t18-/m0/s1. The van der Waals surface area contributed by atoms with Crippen LogP contribution < -0.4 is 10.4 Å². The molecule has 1 aromatic heterocycles. The van der Waals surface area contributed by atoms with Gasteiger partial charge in [0.1, 0.15) is 11.9 Å².